The molecular weight excluding hydrogens is 899 g/mol. The molecule has 303 valence electrons. The zero-order valence-corrected chi connectivity index (χ0v) is 36.4. The first-order valence-electron chi connectivity index (χ1n) is 26.4. The topological polar surface area (TPSA) is 51.8 Å². The first-order valence-corrected chi connectivity index (χ1v) is 19.4. The van der Waals surface area contributed by atoms with Crippen molar-refractivity contribution in [3.05, 3.63) is 161 Å². The fraction of sp³-hybridized carbons (Fsp3) is 0.278. The number of nitrogens with zero attached hydrogens (tertiary/aromatic N) is 3. The summed E-state index contributed by atoms with van der Waals surface area (Å²) >= 11 is 0. The largest absolute Gasteiger partial charge is 0.486 e. The van der Waals surface area contributed by atoms with E-state index in [4.69, 9.17) is 23.6 Å². The fourth-order valence-electron chi connectivity index (χ4n) is 7.00. The van der Waals surface area contributed by atoms with Crippen molar-refractivity contribution in [3.8, 4) is 44.8 Å². The Morgan fingerprint density at radius 3 is 2.17 bits per heavy atom. The molecule has 1 radical (unpaired) electrons. The van der Waals surface area contributed by atoms with Crippen LogP contribution >= 0.6 is 0 Å². The maximum Gasteiger partial charge on any atom is 0.216 e. The molecule has 8 rings (SSSR count). The molecule has 0 aliphatic heterocycles. The molecule has 0 N–H and O–H groups in total. The molecule has 0 aliphatic carbocycles. The predicted molar refractivity (Wildman–Crippen MR) is 243 cm³/mol. The van der Waals surface area contributed by atoms with Gasteiger partial charge in [0.1, 0.15) is 0 Å². The van der Waals surface area contributed by atoms with Crippen molar-refractivity contribution in [2.24, 2.45) is 5.41 Å². The predicted octanol–water partition coefficient (Wildman–Crippen LogP) is 14.6. The molecule has 4 nitrogen and oxygen atoms in total. The van der Waals surface area contributed by atoms with Crippen LogP contribution in [-0.2, 0) is 31.9 Å². The van der Waals surface area contributed by atoms with E-state index in [9.17, 15) is 0 Å². The van der Waals surface area contributed by atoms with Gasteiger partial charge in [0.2, 0.25) is 5.71 Å². The number of hydrogen-bond donors (Lipinski definition) is 0. The van der Waals surface area contributed by atoms with Gasteiger partial charge in [-0.2, -0.15) is 0 Å². The summed E-state index contributed by atoms with van der Waals surface area (Å²) in [6.07, 6.45) is 2.89. The fourth-order valence-corrected chi connectivity index (χ4v) is 7.00. The Morgan fingerprint density at radius 1 is 0.695 bits per heavy atom. The SMILES string of the molecule is [2H]C([2H])([2H])c1c[c-]c(-c2ccc(C([2H])([2H])C(C)(C)C)cn2)cc1-c1ccccc1.[2H]C([2H])([2H])c1ccc2c(n1)oc1c(-c3cc(-c4ccc(C(C)(CC)CC)cc4C([2H])([2H])[2H])c(C([2H])([2H])[2H])cn3)[c-]ccc12.[Ir]. The molecule has 5 heteroatoms. The standard InChI is InChI=1S/C31H31N2O.C23H24N.Ir/c1-7-31(6,8-2)22-13-15-23(19(3)16-22)27-17-28(32-18-20(27)4)26-11-9-10-24-25-14-12-21(5)33-30(25)34-29(24)26;1-17-10-12-20(14-21(17)19-8-6-5-7-9-19)22-13-11-18(16-24-22)15-23(2,3)4;/h9-10,12-18H,7-8H2,1-6H3;5-11,13-14,16H,15H2,1-4H3;/q2*-1;/i3D3,4D3,5D3;1D3,15D2;. The van der Waals surface area contributed by atoms with E-state index >= 15 is 0 Å². The summed E-state index contributed by atoms with van der Waals surface area (Å²) in [6.45, 7) is 2.02. The molecule has 4 aromatic carbocycles. The minimum absolute atomic E-state index is 0. The Bertz CT molecular complexity index is 3240. The third kappa shape index (κ3) is 9.49. The second-order valence-corrected chi connectivity index (χ2v) is 15.7. The second-order valence-electron chi connectivity index (χ2n) is 15.7. The zero-order chi connectivity index (χ0) is 53.0. The Labute approximate surface area is 384 Å². The smallest absolute Gasteiger partial charge is 0.216 e. The molecule has 0 unspecified atom stereocenters. The van der Waals surface area contributed by atoms with E-state index in [2.05, 4.69) is 47.9 Å². The van der Waals surface area contributed by atoms with Gasteiger partial charge in [0.15, 0.2) is 0 Å². The molecule has 0 amide bonds. The number of aryl methyl sites for hydroxylation is 4. The maximum absolute atomic E-state index is 8.39. The molecule has 0 spiro atoms. The average molecular weight is 968 g/mol. The normalized spacial score (nSPS) is 16.2. The first-order chi connectivity index (χ1) is 33.4. The van der Waals surface area contributed by atoms with E-state index in [0.717, 1.165) is 24.0 Å². The van der Waals surface area contributed by atoms with Crippen molar-refractivity contribution in [1.82, 2.24) is 15.0 Å². The Hall–Kier alpha value is -5.22. The van der Waals surface area contributed by atoms with Crippen LogP contribution in [0.25, 0.3) is 66.8 Å². The molecule has 0 aliphatic rings. The van der Waals surface area contributed by atoms with Crippen molar-refractivity contribution in [1.29, 1.82) is 0 Å². The molecule has 59 heavy (non-hydrogen) atoms. The van der Waals surface area contributed by atoms with Gasteiger partial charge in [0.25, 0.3) is 0 Å². The van der Waals surface area contributed by atoms with E-state index in [0.29, 0.717) is 50.0 Å². The summed E-state index contributed by atoms with van der Waals surface area (Å²) in [5, 5.41) is 1.26. The van der Waals surface area contributed by atoms with Gasteiger partial charge in [-0.3, -0.25) is 0 Å². The average Bonchev–Trinajstić information content (AvgIpc) is 3.71. The summed E-state index contributed by atoms with van der Waals surface area (Å²) in [6, 6.07) is 35.7. The van der Waals surface area contributed by atoms with Crippen molar-refractivity contribution >= 4 is 22.1 Å². The number of furan rings is 1. The third-order valence-corrected chi connectivity index (χ3v) is 10.6. The first kappa shape index (κ1) is 28.3. The molecular formula is C54H55IrN3O-2. The number of hydrogen-bond acceptors (Lipinski definition) is 4. The van der Waals surface area contributed by atoms with Crippen LogP contribution in [0, 0.1) is 45.0 Å². The summed E-state index contributed by atoms with van der Waals surface area (Å²) in [4.78, 5) is 13.1. The van der Waals surface area contributed by atoms with Gasteiger partial charge in [-0.15, -0.1) is 47.5 Å². The quantitative estimate of drug-likeness (QED) is 0.142. The van der Waals surface area contributed by atoms with Gasteiger partial charge in [-0.1, -0.05) is 132 Å². The molecule has 0 saturated carbocycles. The number of rotatable bonds is 8. The molecule has 0 fully saturated rings. The summed E-state index contributed by atoms with van der Waals surface area (Å²) < 4.78 is 119. The van der Waals surface area contributed by atoms with E-state index in [1.54, 1.807) is 60.8 Å². The molecule has 0 bridgehead atoms. The molecule has 0 saturated heterocycles. The zero-order valence-electron chi connectivity index (χ0n) is 48.0. The Balaban J connectivity index is 0.000000253. The van der Waals surface area contributed by atoms with Crippen LogP contribution in [0.3, 0.4) is 0 Å². The van der Waals surface area contributed by atoms with Gasteiger partial charge in [0, 0.05) is 62.8 Å². The van der Waals surface area contributed by atoms with E-state index in [1.807, 2.05) is 57.2 Å². The maximum atomic E-state index is 8.39. The number of benzene rings is 4. The van der Waals surface area contributed by atoms with Crippen molar-refractivity contribution in [2.75, 3.05) is 0 Å². The van der Waals surface area contributed by atoms with Crippen molar-refractivity contribution in [3.63, 3.8) is 0 Å². The van der Waals surface area contributed by atoms with Gasteiger partial charge in [-0.25, -0.2) is 4.98 Å². The van der Waals surface area contributed by atoms with Crippen molar-refractivity contribution < 1.29 is 43.7 Å². The number of fused-ring (bicyclic) bond motifs is 3. The van der Waals surface area contributed by atoms with E-state index in [1.165, 1.54) is 18.3 Å². The third-order valence-electron chi connectivity index (χ3n) is 10.6. The van der Waals surface area contributed by atoms with E-state index in [-0.39, 0.29) is 64.7 Å². The molecule has 4 aromatic heterocycles. The minimum atomic E-state index is -2.57. The van der Waals surface area contributed by atoms with Crippen LogP contribution in [0.4, 0.5) is 0 Å². The van der Waals surface area contributed by atoms with Crippen LogP contribution in [0.2, 0.25) is 0 Å². The molecule has 4 heterocycles. The van der Waals surface area contributed by atoms with Gasteiger partial charge < -0.3 is 14.4 Å². The van der Waals surface area contributed by atoms with Gasteiger partial charge in [-0.05, 0) is 113 Å². The van der Waals surface area contributed by atoms with Crippen LogP contribution in [-0.4, -0.2) is 15.0 Å². The van der Waals surface area contributed by atoms with Gasteiger partial charge in [0.05, 0.1) is 5.58 Å². The van der Waals surface area contributed by atoms with Crippen LogP contribution in [0.5, 0.6) is 0 Å². The summed E-state index contributed by atoms with van der Waals surface area (Å²) in [5.41, 5.74) is 5.14. The molecule has 0 atom stereocenters. The van der Waals surface area contributed by atoms with Crippen LogP contribution in [0.1, 0.15) is 107 Å². The number of pyridine rings is 3. The summed E-state index contributed by atoms with van der Waals surface area (Å²) in [5.74, 6) is 0. The van der Waals surface area contributed by atoms with E-state index < -0.39 is 39.2 Å². The minimum Gasteiger partial charge on any atom is -0.486 e. The number of aromatic nitrogens is 3. The summed E-state index contributed by atoms with van der Waals surface area (Å²) in [7, 11) is 0. The van der Waals surface area contributed by atoms with Crippen molar-refractivity contribution in [2.45, 2.75) is 93.6 Å². The Kier molecular flexibility index (Phi) is 8.61. The second kappa shape index (κ2) is 18.0. The molecule has 8 aromatic rings. The Morgan fingerprint density at radius 2 is 1.47 bits per heavy atom. The van der Waals surface area contributed by atoms with Gasteiger partial charge >= 0.3 is 0 Å². The van der Waals surface area contributed by atoms with Crippen LogP contribution in [0.15, 0.2) is 120 Å². The van der Waals surface area contributed by atoms with Crippen LogP contribution < -0.4 is 0 Å². The monoisotopic (exact) mass is 968 g/mol.